The molecule has 0 saturated carbocycles. The quantitative estimate of drug-likeness (QED) is 0.137. The third-order valence-corrected chi connectivity index (χ3v) is 13.9. The Bertz CT molecular complexity index is 1060. The first-order valence-electron chi connectivity index (χ1n) is 12.5. The third kappa shape index (κ3) is 6.81. The van der Waals surface area contributed by atoms with Crippen molar-refractivity contribution in [2.75, 3.05) is 25.1 Å². The van der Waals surface area contributed by atoms with Gasteiger partial charge in [-0.2, -0.15) is 0 Å². The number of aryl methyl sites for hydroxylation is 1. The Labute approximate surface area is 215 Å². The van der Waals surface area contributed by atoms with Gasteiger partial charge >= 0.3 is 0 Å². The summed E-state index contributed by atoms with van der Waals surface area (Å²) in [6.45, 7) is 15.8. The zero-order chi connectivity index (χ0) is 24.9. The Balaban J connectivity index is 1.41. The molecule has 3 rings (SSSR count). The van der Waals surface area contributed by atoms with Crippen LogP contribution in [0.3, 0.4) is 0 Å². The summed E-state index contributed by atoms with van der Waals surface area (Å²) >= 11 is 3.34. The van der Waals surface area contributed by atoms with Crippen molar-refractivity contribution in [3.63, 3.8) is 0 Å². The number of hydrogen-bond donors (Lipinski definition) is 0. The fourth-order valence-electron chi connectivity index (χ4n) is 3.94. The molecule has 2 aromatic heterocycles. The van der Waals surface area contributed by atoms with E-state index in [4.69, 9.17) is 4.43 Å². The van der Waals surface area contributed by atoms with Crippen LogP contribution in [-0.2, 0) is 4.43 Å². The minimum absolute atomic E-state index is 0.301. The molecule has 0 unspecified atom stereocenters. The summed E-state index contributed by atoms with van der Waals surface area (Å²) in [4.78, 5) is 15.5. The van der Waals surface area contributed by atoms with E-state index in [2.05, 4.69) is 77.0 Å². The third-order valence-electron chi connectivity index (χ3n) is 7.14. The highest BCUT2D eigenvalue weighted by molar-refractivity contribution is 7.30. The van der Waals surface area contributed by atoms with Gasteiger partial charge in [-0.3, -0.25) is 4.79 Å². The normalized spacial score (nSPS) is 12.4. The van der Waals surface area contributed by atoms with Gasteiger partial charge in [0.2, 0.25) is 0 Å². The molecular weight excluding hydrogens is 475 g/mol. The number of rotatable bonds is 12. The summed E-state index contributed by atoms with van der Waals surface area (Å²) in [5, 5.41) is 0.301. The highest BCUT2D eigenvalue weighted by Crippen LogP contribution is 2.39. The Hall–Kier alpha value is -1.47. The Morgan fingerprint density at radius 1 is 0.971 bits per heavy atom. The van der Waals surface area contributed by atoms with Gasteiger partial charge < -0.3 is 9.33 Å². The predicted octanol–water partition coefficient (Wildman–Crippen LogP) is 9.16. The van der Waals surface area contributed by atoms with Crippen molar-refractivity contribution in [3.8, 4) is 10.4 Å². The number of nitrogens with zero attached hydrogens (tertiary/aromatic N) is 1. The van der Waals surface area contributed by atoms with E-state index in [1.807, 2.05) is 6.07 Å². The standard InChI is InChI=1S/C28H41NO2S2Si/c1-21-17-22(25-19-27-26(33-25)18-23(20-30)32-27)13-14-24(21)29(5)15-11-9-8-10-12-16-31-34(6,7)28(2,3)4/h13-14,17-20H,8-12,15-16H2,1-7H3. The summed E-state index contributed by atoms with van der Waals surface area (Å²) in [6.07, 6.45) is 7.17. The SMILES string of the molecule is Cc1cc(-c2cc3sc(C=O)cc3s2)ccc1N(C)CCCCCCCO[Si](C)(C)C(C)(C)C. The molecule has 0 aliphatic carbocycles. The Kier molecular flexibility index (Phi) is 9.18. The number of carbonyl (C=O) groups is 1. The fourth-order valence-corrected chi connectivity index (χ4v) is 7.24. The van der Waals surface area contributed by atoms with Gasteiger partial charge in [0.15, 0.2) is 14.6 Å². The summed E-state index contributed by atoms with van der Waals surface area (Å²) in [6, 6.07) is 11.0. The molecule has 0 fully saturated rings. The van der Waals surface area contributed by atoms with Crippen LogP contribution in [-0.4, -0.2) is 34.8 Å². The average Bonchev–Trinajstić information content (AvgIpc) is 3.33. The summed E-state index contributed by atoms with van der Waals surface area (Å²) in [5.41, 5.74) is 3.89. The smallest absolute Gasteiger partial charge is 0.191 e. The molecule has 3 nitrogen and oxygen atoms in total. The van der Waals surface area contributed by atoms with Crippen molar-refractivity contribution in [1.82, 2.24) is 0 Å². The van der Waals surface area contributed by atoms with Gasteiger partial charge in [0.05, 0.1) is 4.88 Å². The number of hydrogen-bond acceptors (Lipinski definition) is 5. The molecule has 0 aliphatic heterocycles. The van der Waals surface area contributed by atoms with Crippen molar-refractivity contribution >= 4 is 52.4 Å². The second kappa shape index (κ2) is 11.5. The molecule has 0 amide bonds. The summed E-state index contributed by atoms with van der Waals surface area (Å²) < 4.78 is 8.69. The van der Waals surface area contributed by atoms with Crippen molar-refractivity contribution < 1.29 is 9.22 Å². The molecule has 186 valence electrons. The van der Waals surface area contributed by atoms with Crippen LogP contribution < -0.4 is 4.90 Å². The molecule has 0 saturated heterocycles. The summed E-state index contributed by atoms with van der Waals surface area (Å²) in [5.74, 6) is 0. The van der Waals surface area contributed by atoms with Gasteiger partial charge in [-0.25, -0.2) is 0 Å². The highest BCUT2D eigenvalue weighted by atomic mass is 32.1. The minimum atomic E-state index is -1.59. The number of aldehydes is 1. The second-order valence-electron chi connectivity index (χ2n) is 10.9. The zero-order valence-corrected chi connectivity index (χ0v) is 24.6. The molecule has 34 heavy (non-hydrogen) atoms. The van der Waals surface area contributed by atoms with Crippen LogP contribution in [0.1, 0.15) is 68.1 Å². The van der Waals surface area contributed by atoms with E-state index in [0.29, 0.717) is 5.04 Å². The van der Waals surface area contributed by atoms with Crippen LogP contribution in [0.2, 0.25) is 18.1 Å². The van der Waals surface area contributed by atoms with E-state index in [1.165, 1.54) is 63.2 Å². The minimum Gasteiger partial charge on any atom is -0.417 e. The monoisotopic (exact) mass is 515 g/mol. The van der Waals surface area contributed by atoms with E-state index in [9.17, 15) is 4.79 Å². The maximum Gasteiger partial charge on any atom is 0.191 e. The van der Waals surface area contributed by atoms with Gasteiger partial charge in [-0.15, -0.1) is 22.7 Å². The lowest BCUT2D eigenvalue weighted by molar-refractivity contribution is 0.112. The van der Waals surface area contributed by atoms with E-state index in [0.717, 1.165) is 24.3 Å². The lowest BCUT2D eigenvalue weighted by Gasteiger charge is -2.36. The van der Waals surface area contributed by atoms with Crippen LogP contribution in [0, 0.1) is 6.92 Å². The van der Waals surface area contributed by atoms with Crippen molar-refractivity contribution in [2.24, 2.45) is 0 Å². The van der Waals surface area contributed by atoms with Crippen LogP contribution in [0.5, 0.6) is 0 Å². The van der Waals surface area contributed by atoms with Gasteiger partial charge in [0, 0.05) is 40.2 Å². The summed E-state index contributed by atoms with van der Waals surface area (Å²) in [7, 11) is 0.614. The number of carbonyl (C=O) groups excluding carboxylic acids is 1. The first-order valence-corrected chi connectivity index (χ1v) is 17.0. The Morgan fingerprint density at radius 2 is 1.65 bits per heavy atom. The number of unbranched alkanes of at least 4 members (excludes halogenated alkanes) is 4. The van der Waals surface area contributed by atoms with Crippen molar-refractivity contribution in [2.45, 2.75) is 77.9 Å². The topological polar surface area (TPSA) is 29.5 Å². The van der Waals surface area contributed by atoms with Gasteiger partial charge in [0.1, 0.15) is 0 Å². The average molecular weight is 516 g/mol. The maximum atomic E-state index is 11.0. The number of thiophene rings is 2. The molecule has 0 spiro atoms. The predicted molar refractivity (Wildman–Crippen MR) is 155 cm³/mol. The van der Waals surface area contributed by atoms with Gasteiger partial charge in [-0.05, 0) is 73.3 Å². The lowest BCUT2D eigenvalue weighted by atomic mass is 10.1. The van der Waals surface area contributed by atoms with E-state index in [-0.39, 0.29) is 0 Å². The highest BCUT2D eigenvalue weighted by Gasteiger charge is 2.36. The molecule has 0 aliphatic rings. The van der Waals surface area contributed by atoms with Gasteiger partial charge in [-0.1, -0.05) is 46.1 Å². The molecule has 0 radical (unpaired) electrons. The van der Waals surface area contributed by atoms with E-state index in [1.54, 1.807) is 22.7 Å². The molecule has 3 aromatic rings. The largest absolute Gasteiger partial charge is 0.417 e. The number of benzene rings is 1. The second-order valence-corrected chi connectivity index (χ2v) is 17.9. The van der Waals surface area contributed by atoms with Crippen LogP contribution in [0.25, 0.3) is 19.8 Å². The van der Waals surface area contributed by atoms with Crippen LogP contribution in [0.15, 0.2) is 30.3 Å². The lowest BCUT2D eigenvalue weighted by Crippen LogP contribution is -2.40. The van der Waals surface area contributed by atoms with E-state index >= 15 is 0 Å². The molecule has 2 heterocycles. The van der Waals surface area contributed by atoms with E-state index < -0.39 is 8.32 Å². The molecule has 0 N–H and O–H groups in total. The van der Waals surface area contributed by atoms with Crippen molar-refractivity contribution in [1.29, 1.82) is 0 Å². The molecular formula is C28H41NO2S2Si. The molecule has 1 aromatic carbocycles. The van der Waals surface area contributed by atoms with Crippen LogP contribution >= 0.6 is 22.7 Å². The fraction of sp³-hybridized carbons (Fsp3) is 0.536. The number of fused-ring (bicyclic) bond motifs is 1. The number of anilines is 1. The Morgan fingerprint density at radius 3 is 2.29 bits per heavy atom. The first-order chi connectivity index (χ1) is 16.0. The first kappa shape index (κ1) is 27.1. The van der Waals surface area contributed by atoms with Crippen molar-refractivity contribution in [3.05, 3.63) is 40.8 Å². The zero-order valence-electron chi connectivity index (χ0n) is 22.0. The molecule has 0 atom stereocenters. The maximum absolute atomic E-state index is 11.0. The van der Waals surface area contributed by atoms with Gasteiger partial charge in [0.25, 0.3) is 0 Å². The molecule has 6 heteroatoms. The van der Waals surface area contributed by atoms with Crippen LogP contribution in [0.4, 0.5) is 5.69 Å². The molecule has 0 bridgehead atoms.